The molecule has 0 aliphatic rings. The summed E-state index contributed by atoms with van der Waals surface area (Å²) < 4.78 is 0. The molecule has 15 heavy (non-hydrogen) atoms. The second-order valence-electron chi connectivity index (χ2n) is 4.49. The standard InChI is InChI=1S/C12H26N2O/c1-5-7-10(6-2)14-12(15)11(8-13)9(3)4/h9-11H,5-8,13H2,1-4H3,(H,14,15). The first kappa shape index (κ1) is 14.4. The van der Waals surface area contributed by atoms with Gasteiger partial charge in [0.2, 0.25) is 5.91 Å². The summed E-state index contributed by atoms with van der Waals surface area (Å²) in [6.45, 7) is 8.76. The highest BCUT2D eigenvalue weighted by Gasteiger charge is 2.21. The van der Waals surface area contributed by atoms with Crippen LogP contribution in [0.2, 0.25) is 0 Å². The lowest BCUT2D eigenvalue weighted by Gasteiger charge is -2.22. The molecule has 0 saturated heterocycles. The maximum atomic E-state index is 11.9. The number of carbonyl (C=O) groups excluding carboxylic acids is 1. The summed E-state index contributed by atoms with van der Waals surface area (Å²) in [5, 5.41) is 3.08. The Hall–Kier alpha value is -0.570. The van der Waals surface area contributed by atoms with Crippen molar-refractivity contribution in [2.75, 3.05) is 6.54 Å². The van der Waals surface area contributed by atoms with Gasteiger partial charge in [-0.25, -0.2) is 0 Å². The summed E-state index contributed by atoms with van der Waals surface area (Å²) in [6, 6.07) is 0.315. The molecule has 0 radical (unpaired) electrons. The molecule has 0 aromatic carbocycles. The summed E-state index contributed by atoms with van der Waals surface area (Å²) in [5.74, 6) is 0.387. The van der Waals surface area contributed by atoms with Crippen LogP contribution in [0.5, 0.6) is 0 Å². The van der Waals surface area contributed by atoms with Crippen LogP contribution in [-0.4, -0.2) is 18.5 Å². The van der Waals surface area contributed by atoms with E-state index in [1.807, 2.05) is 13.8 Å². The molecule has 1 amide bonds. The van der Waals surface area contributed by atoms with Gasteiger partial charge >= 0.3 is 0 Å². The normalized spacial score (nSPS) is 15.1. The van der Waals surface area contributed by atoms with Crippen LogP contribution in [0, 0.1) is 11.8 Å². The zero-order chi connectivity index (χ0) is 11.8. The summed E-state index contributed by atoms with van der Waals surface area (Å²) in [4.78, 5) is 11.9. The van der Waals surface area contributed by atoms with E-state index in [9.17, 15) is 4.79 Å². The Labute approximate surface area is 93.8 Å². The molecule has 0 saturated carbocycles. The first-order valence-electron chi connectivity index (χ1n) is 6.07. The number of carbonyl (C=O) groups is 1. The number of nitrogens with two attached hydrogens (primary N) is 1. The average molecular weight is 214 g/mol. The second kappa shape index (κ2) is 7.69. The zero-order valence-corrected chi connectivity index (χ0v) is 10.5. The smallest absolute Gasteiger partial charge is 0.224 e. The summed E-state index contributed by atoms with van der Waals surface area (Å²) in [5.41, 5.74) is 5.60. The second-order valence-corrected chi connectivity index (χ2v) is 4.49. The van der Waals surface area contributed by atoms with Gasteiger partial charge in [0.1, 0.15) is 0 Å². The maximum absolute atomic E-state index is 11.9. The predicted molar refractivity (Wildman–Crippen MR) is 64.5 cm³/mol. The third kappa shape index (κ3) is 5.17. The van der Waals surface area contributed by atoms with Gasteiger partial charge in [-0.15, -0.1) is 0 Å². The van der Waals surface area contributed by atoms with E-state index < -0.39 is 0 Å². The molecule has 90 valence electrons. The SMILES string of the molecule is CCCC(CC)NC(=O)C(CN)C(C)C. The fraction of sp³-hybridized carbons (Fsp3) is 0.917. The predicted octanol–water partition coefficient (Wildman–Crippen LogP) is 1.91. The number of rotatable bonds is 7. The maximum Gasteiger partial charge on any atom is 0.224 e. The number of hydrogen-bond donors (Lipinski definition) is 2. The number of hydrogen-bond acceptors (Lipinski definition) is 2. The van der Waals surface area contributed by atoms with Crippen molar-refractivity contribution >= 4 is 5.91 Å². The van der Waals surface area contributed by atoms with Crippen LogP contribution in [-0.2, 0) is 4.79 Å². The lowest BCUT2D eigenvalue weighted by atomic mass is 9.94. The van der Waals surface area contributed by atoms with E-state index >= 15 is 0 Å². The first-order chi connectivity index (χ1) is 7.06. The summed E-state index contributed by atoms with van der Waals surface area (Å²) >= 11 is 0. The van der Waals surface area contributed by atoms with Crippen LogP contribution in [0.3, 0.4) is 0 Å². The fourth-order valence-corrected chi connectivity index (χ4v) is 1.72. The van der Waals surface area contributed by atoms with Crippen molar-refractivity contribution < 1.29 is 4.79 Å². The van der Waals surface area contributed by atoms with Crippen molar-refractivity contribution in [2.45, 2.75) is 53.0 Å². The van der Waals surface area contributed by atoms with Gasteiger partial charge in [0.05, 0.1) is 5.92 Å². The highest BCUT2D eigenvalue weighted by molar-refractivity contribution is 5.79. The first-order valence-corrected chi connectivity index (χ1v) is 6.07. The molecule has 0 aromatic heterocycles. The van der Waals surface area contributed by atoms with Gasteiger partial charge in [0, 0.05) is 12.6 Å². The Morgan fingerprint density at radius 3 is 2.27 bits per heavy atom. The molecule has 3 heteroatoms. The van der Waals surface area contributed by atoms with Gasteiger partial charge < -0.3 is 11.1 Å². The van der Waals surface area contributed by atoms with Gasteiger partial charge in [-0.1, -0.05) is 34.1 Å². The topological polar surface area (TPSA) is 55.1 Å². The van der Waals surface area contributed by atoms with E-state index in [0.717, 1.165) is 19.3 Å². The molecule has 0 spiro atoms. The van der Waals surface area contributed by atoms with Gasteiger partial charge in [-0.2, -0.15) is 0 Å². The molecule has 0 aliphatic heterocycles. The Morgan fingerprint density at radius 2 is 1.93 bits per heavy atom. The van der Waals surface area contributed by atoms with Crippen LogP contribution in [0.1, 0.15) is 47.0 Å². The van der Waals surface area contributed by atoms with E-state index in [0.29, 0.717) is 18.5 Å². The molecule has 0 aliphatic carbocycles. The number of amides is 1. The van der Waals surface area contributed by atoms with Gasteiger partial charge in [-0.3, -0.25) is 4.79 Å². The molecule has 2 unspecified atom stereocenters. The monoisotopic (exact) mass is 214 g/mol. The third-order valence-electron chi connectivity index (χ3n) is 2.87. The highest BCUT2D eigenvalue weighted by Crippen LogP contribution is 2.10. The van der Waals surface area contributed by atoms with E-state index in [4.69, 9.17) is 5.73 Å². The quantitative estimate of drug-likeness (QED) is 0.680. The van der Waals surface area contributed by atoms with Crippen molar-refractivity contribution in [3.05, 3.63) is 0 Å². The molecule has 0 fully saturated rings. The molecule has 3 N–H and O–H groups in total. The van der Waals surface area contributed by atoms with E-state index in [2.05, 4.69) is 19.2 Å². The lowest BCUT2D eigenvalue weighted by Crippen LogP contribution is -2.42. The summed E-state index contributed by atoms with van der Waals surface area (Å²) in [7, 11) is 0. The molecular weight excluding hydrogens is 188 g/mol. The van der Waals surface area contributed by atoms with Crippen molar-refractivity contribution in [3.8, 4) is 0 Å². The molecular formula is C12H26N2O. The minimum absolute atomic E-state index is 0.0455. The van der Waals surface area contributed by atoms with Crippen LogP contribution in [0.25, 0.3) is 0 Å². The minimum Gasteiger partial charge on any atom is -0.353 e. The van der Waals surface area contributed by atoms with E-state index in [-0.39, 0.29) is 11.8 Å². The Kier molecular flexibility index (Phi) is 7.39. The van der Waals surface area contributed by atoms with Crippen molar-refractivity contribution in [1.82, 2.24) is 5.32 Å². The highest BCUT2D eigenvalue weighted by atomic mass is 16.2. The molecule has 2 atom stereocenters. The van der Waals surface area contributed by atoms with Crippen LogP contribution >= 0.6 is 0 Å². The Morgan fingerprint density at radius 1 is 1.33 bits per heavy atom. The average Bonchev–Trinajstić information content (AvgIpc) is 2.17. The van der Waals surface area contributed by atoms with Gasteiger partial charge in [0.15, 0.2) is 0 Å². The Balaban J connectivity index is 4.18. The third-order valence-corrected chi connectivity index (χ3v) is 2.87. The molecule has 0 rings (SSSR count). The summed E-state index contributed by atoms with van der Waals surface area (Å²) in [6.07, 6.45) is 3.15. The van der Waals surface area contributed by atoms with Crippen LogP contribution in [0.15, 0.2) is 0 Å². The largest absolute Gasteiger partial charge is 0.353 e. The van der Waals surface area contributed by atoms with E-state index in [1.54, 1.807) is 0 Å². The fourth-order valence-electron chi connectivity index (χ4n) is 1.72. The molecule has 0 aromatic rings. The van der Waals surface area contributed by atoms with Gasteiger partial charge in [0.25, 0.3) is 0 Å². The van der Waals surface area contributed by atoms with Crippen molar-refractivity contribution in [2.24, 2.45) is 17.6 Å². The van der Waals surface area contributed by atoms with Gasteiger partial charge in [-0.05, 0) is 18.8 Å². The Bertz CT molecular complexity index is 180. The zero-order valence-electron chi connectivity index (χ0n) is 10.5. The number of nitrogens with one attached hydrogen (secondary N) is 1. The van der Waals surface area contributed by atoms with Crippen molar-refractivity contribution in [3.63, 3.8) is 0 Å². The van der Waals surface area contributed by atoms with Crippen LogP contribution < -0.4 is 11.1 Å². The van der Waals surface area contributed by atoms with Crippen LogP contribution in [0.4, 0.5) is 0 Å². The molecule has 0 bridgehead atoms. The molecule has 3 nitrogen and oxygen atoms in total. The van der Waals surface area contributed by atoms with E-state index in [1.165, 1.54) is 0 Å². The van der Waals surface area contributed by atoms with Crippen molar-refractivity contribution in [1.29, 1.82) is 0 Å². The minimum atomic E-state index is -0.0455. The lowest BCUT2D eigenvalue weighted by molar-refractivity contribution is -0.126. The molecule has 0 heterocycles.